The maximum Gasteiger partial charge on any atom is 0.254 e. The molecule has 26 heavy (non-hydrogen) atoms. The zero-order valence-electron chi connectivity index (χ0n) is 14.0. The van der Waals surface area contributed by atoms with Gasteiger partial charge in [-0.25, -0.2) is 0 Å². The molecular formula is C19H17IN2O4. The van der Waals surface area contributed by atoms with Crippen LogP contribution in [0.4, 0.5) is 0 Å². The van der Waals surface area contributed by atoms with Gasteiger partial charge in [-0.05, 0) is 70.4 Å². The Balaban J connectivity index is 1.44. The molecule has 2 saturated carbocycles. The normalized spacial score (nSPS) is 36.6. The van der Waals surface area contributed by atoms with Gasteiger partial charge in [0.05, 0.1) is 28.7 Å². The summed E-state index contributed by atoms with van der Waals surface area (Å²) in [5.41, 5.74) is 0.656. The molecule has 4 aliphatic carbocycles. The lowest BCUT2D eigenvalue weighted by Crippen LogP contribution is -2.40. The molecule has 0 radical (unpaired) electrons. The molecule has 5 aliphatic rings. The number of amides is 2. The molecule has 6 atom stereocenters. The van der Waals surface area contributed by atoms with E-state index in [1.807, 2.05) is 22.6 Å². The predicted molar refractivity (Wildman–Crippen MR) is 102 cm³/mol. The van der Waals surface area contributed by atoms with Crippen LogP contribution in [0.15, 0.2) is 29.4 Å². The number of allylic oxidation sites excluding steroid dienone is 2. The number of benzene rings is 1. The highest BCUT2D eigenvalue weighted by atomic mass is 127. The van der Waals surface area contributed by atoms with Gasteiger partial charge in [0, 0.05) is 0 Å². The topological polar surface area (TPSA) is 79.2 Å². The van der Waals surface area contributed by atoms with Gasteiger partial charge >= 0.3 is 0 Å². The van der Waals surface area contributed by atoms with Crippen molar-refractivity contribution in [1.82, 2.24) is 5.01 Å². The van der Waals surface area contributed by atoms with Crippen LogP contribution in [-0.2, 0) is 9.59 Å². The molecule has 1 N–H and O–H groups in total. The first-order valence-electron chi connectivity index (χ1n) is 8.68. The van der Waals surface area contributed by atoms with Crippen LogP contribution in [0.1, 0.15) is 12.0 Å². The third-order valence-electron chi connectivity index (χ3n) is 6.23. The minimum absolute atomic E-state index is 0.0615. The van der Waals surface area contributed by atoms with Crippen LogP contribution in [0.2, 0.25) is 0 Å². The molecule has 1 heterocycles. The number of ether oxygens (including phenoxy) is 1. The van der Waals surface area contributed by atoms with Crippen molar-refractivity contribution in [2.75, 3.05) is 7.11 Å². The minimum Gasteiger partial charge on any atom is -0.504 e. The van der Waals surface area contributed by atoms with Crippen molar-refractivity contribution in [3.63, 3.8) is 0 Å². The number of aromatic hydroxyl groups is 1. The van der Waals surface area contributed by atoms with E-state index in [9.17, 15) is 14.7 Å². The molecule has 2 amide bonds. The number of carbonyl (C=O) groups is 2. The second-order valence-corrected chi connectivity index (χ2v) is 8.60. The first kappa shape index (κ1) is 16.3. The van der Waals surface area contributed by atoms with E-state index in [0.717, 1.165) is 11.4 Å². The van der Waals surface area contributed by atoms with Gasteiger partial charge in [-0.1, -0.05) is 12.2 Å². The van der Waals surface area contributed by atoms with Crippen LogP contribution in [0.5, 0.6) is 11.5 Å². The van der Waals surface area contributed by atoms with E-state index in [1.54, 1.807) is 12.1 Å². The number of methoxy groups -OCH3 is 1. The van der Waals surface area contributed by atoms with Crippen LogP contribution >= 0.6 is 22.6 Å². The van der Waals surface area contributed by atoms with Gasteiger partial charge < -0.3 is 9.84 Å². The first-order chi connectivity index (χ1) is 12.5. The quantitative estimate of drug-likeness (QED) is 0.323. The molecule has 3 fully saturated rings. The smallest absolute Gasteiger partial charge is 0.254 e. The Kier molecular flexibility index (Phi) is 3.47. The molecular weight excluding hydrogens is 447 g/mol. The monoisotopic (exact) mass is 464 g/mol. The van der Waals surface area contributed by atoms with Gasteiger partial charge in [-0.2, -0.15) is 10.1 Å². The fraction of sp³-hybridized carbons (Fsp3) is 0.421. The Labute approximate surface area is 164 Å². The Bertz CT molecular complexity index is 860. The number of rotatable bonds is 3. The first-order valence-corrected chi connectivity index (χ1v) is 9.75. The second-order valence-electron chi connectivity index (χ2n) is 7.44. The van der Waals surface area contributed by atoms with Crippen LogP contribution in [-0.4, -0.2) is 35.3 Å². The van der Waals surface area contributed by atoms with Crippen molar-refractivity contribution in [1.29, 1.82) is 0 Å². The number of phenols is 1. The number of hydrazone groups is 1. The number of carbonyl (C=O) groups excluding carboxylic acids is 2. The zero-order chi connectivity index (χ0) is 18.2. The van der Waals surface area contributed by atoms with Crippen molar-refractivity contribution in [2.45, 2.75) is 6.42 Å². The zero-order valence-corrected chi connectivity index (χ0v) is 16.2. The summed E-state index contributed by atoms with van der Waals surface area (Å²) >= 11 is 2.00. The maximum atomic E-state index is 12.9. The molecule has 1 aliphatic heterocycles. The van der Waals surface area contributed by atoms with Crippen LogP contribution in [0.3, 0.4) is 0 Å². The number of hydrogen-bond acceptors (Lipinski definition) is 5. The van der Waals surface area contributed by atoms with Gasteiger partial charge in [0.25, 0.3) is 11.8 Å². The highest BCUT2D eigenvalue weighted by Crippen LogP contribution is 2.65. The minimum atomic E-state index is -0.243. The summed E-state index contributed by atoms with van der Waals surface area (Å²) < 4.78 is 5.75. The molecule has 6 rings (SSSR count). The number of phenolic OH excluding ortho intramolecular Hbond substituents is 1. The van der Waals surface area contributed by atoms with Crippen molar-refractivity contribution in [3.8, 4) is 11.5 Å². The lowest BCUT2D eigenvalue weighted by atomic mass is 9.63. The van der Waals surface area contributed by atoms with Gasteiger partial charge in [-0.15, -0.1) is 0 Å². The van der Waals surface area contributed by atoms with E-state index in [-0.39, 0.29) is 41.2 Å². The van der Waals surface area contributed by atoms with Crippen molar-refractivity contribution >= 4 is 40.6 Å². The van der Waals surface area contributed by atoms with E-state index in [0.29, 0.717) is 26.7 Å². The fourth-order valence-electron chi connectivity index (χ4n) is 5.00. The van der Waals surface area contributed by atoms with Gasteiger partial charge in [0.2, 0.25) is 0 Å². The molecule has 1 aromatic rings. The summed E-state index contributed by atoms with van der Waals surface area (Å²) in [7, 11) is 1.47. The van der Waals surface area contributed by atoms with E-state index in [2.05, 4.69) is 17.3 Å². The molecule has 0 unspecified atom stereocenters. The molecule has 2 bridgehead atoms. The predicted octanol–water partition coefficient (Wildman–Crippen LogP) is 2.39. The van der Waals surface area contributed by atoms with Gasteiger partial charge in [0.1, 0.15) is 0 Å². The third-order valence-corrected chi connectivity index (χ3v) is 7.05. The van der Waals surface area contributed by atoms with Crippen LogP contribution in [0, 0.1) is 39.1 Å². The summed E-state index contributed by atoms with van der Waals surface area (Å²) in [6.45, 7) is 0. The maximum absolute atomic E-state index is 12.9. The molecule has 7 heteroatoms. The van der Waals surface area contributed by atoms with E-state index in [4.69, 9.17) is 4.74 Å². The summed E-state index contributed by atoms with van der Waals surface area (Å²) in [6.07, 6.45) is 6.91. The largest absolute Gasteiger partial charge is 0.504 e. The second kappa shape index (κ2) is 5.55. The van der Waals surface area contributed by atoms with Crippen molar-refractivity contribution in [3.05, 3.63) is 33.4 Å². The summed E-state index contributed by atoms with van der Waals surface area (Å²) in [6, 6.07) is 3.35. The van der Waals surface area contributed by atoms with Crippen molar-refractivity contribution < 1.29 is 19.4 Å². The SMILES string of the molecule is COc1cc(C=NN2C(=O)[C@@H]3[C@H]4C=C[C@@H]([C@@H]5C[C@H]45)[C@H]3C2=O)cc(I)c1O. The number of halogens is 1. The highest BCUT2D eigenvalue weighted by molar-refractivity contribution is 14.1. The van der Waals surface area contributed by atoms with Gasteiger partial charge in [-0.3, -0.25) is 9.59 Å². The molecule has 1 aromatic carbocycles. The number of hydrogen-bond donors (Lipinski definition) is 1. The third kappa shape index (κ3) is 2.12. The molecule has 134 valence electrons. The summed E-state index contributed by atoms with van der Waals surface area (Å²) in [5.74, 6) is 1.09. The Morgan fingerprint density at radius 1 is 1.19 bits per heavy atom. The van der Waals surface area contributed by atoms with Crippen LogP contribution < -0.4 is 4.74 Å². The van der Waals surface area contributed by atoms with Crippen LogP contribution in [0.25, 0.3) is 0 Å². The number of imide groups is 1. The van der Waals surface area contributed by atoms with E-state index in [1.165, 1.54) is 13.3 Å². The molecule has 6 nitrogen and oxygen atoms in total. The highest BCUT2D eigenvalue weighted by Gasteiger charge is 2.67. The lowest BCUT2D eigenvalue weighted by molar-refractivity contribution is -0.140. The van der Waals surface area contributed by atoms with Crippen molar-refractivity contribution in [2.24, 2.45) is 40.6 Å². The lowest BCUT2D eigenvalue weighted by Gasteiger charge is -2.37. The average Bonchev–Trinajstić information content (AvgIpc) is 3.41. The summed E-state index contributed by atoms with van der Waals surface area (Å²) in [5, 5.41) is 15.2. The number of nitrogens with zero attached hydrogens (tertiary/aromatic N) is 2. The molecule has 0 spiro atoms. The fourth-order valence-corrected chi connectivity index (χ4v) is 5.63. The Hall–Kier alpha value is -1.90. The van der Waals surface area contributed by atoms with E-state index < -0.39 is 0 Å². The summed E-state index contributed by atoms with van der Waals surface area (Å²) in [4.78, 5) is 25.7. The Morgan fingerprint density at radius 3 is 2.38 bits per heavy atom. The molecule has 1 saturated heterocycles. The average molecular weight is 464 g/mol. The van der Waals surface area contributed by atoms with E-state index >= 15 is 0 Å². The Morgan fingerprint density at radius 2 is 1.81 bits per heavy atom. The van der Waals surface area contributed by atoms with Gasteiger partial charge in [0.15, 0.2) is 11.5 Å². The molecule has 0 aromatic heterocycles. The standard InChI is InChI=1S/C19H17IN2O4/c1-26-14-5-8(4-13(20)17(14)23)7-21-22-18(24)15-9-2-3-10(12-6-11(9)12)16(15)19(22)25/h2-5,7,9-12,15-16,23H,6H2,1H3/t9-,10-,11-,12+,15+,16+/m0/s1.